The van der Waals surface area contributed by atoms with Crippen LogP contribution in [-0.4, -0.2) is 29.5 Å². The van der Waals surface area contributed by atoms with Crippen molar-refractivity contribution in [2.45, 2.75) is 45.4 Å². The molecular weight excluding hydrogens is 362 g/mol. The molecule has 2 heterocycles. The monoisotopic (exact) mass is 387 g/mol. The molecule has 0 spiro atoms. The number of halogens is 1. The predicted molar refractivity (Wildman–Crippen MR) is 111 cm³/mol. The van der Waals surface area contributed by atoms with E-state index >= 15 is 0 Å². The van der Waals surface area contributed by atoms with Crippen molar-refractivity contribution >= 4 is 30.8 Å². The second kappa shape index (κ2) is 7.14. The van der Waals surface area contributed by atoms with Crippen LogP contribution in [0.3, 0.4) is 0 Å². The second-order valence-electron chi connectivity index (χ2n) is 8.07. The molecule has 0 amide bonds. The standard InChI is InChI=1S/C20H26ClN3OSi/c1-20(2,3)26(4,5)25-13-12-24-14-16(15-8-6-7-9-18(15)24)17-10-11-22-19(21)23-17/h6-11,14H,12-13H2,1-5H3. The van der Waals surface area contributed by atoms with Gasteiger partial charge in [0, 0.05) is 35.4 Å². The molecular formula is C20H26ClN3OSi. The molecule has 26 heavy (non-hydrogen) atoms. The molecule has 6 heteroatoms. The van der Waals surface area contributed by atoms with E-state index in [4.69, 9.17) is 16.0 Å². The Morgan fingerprint density at radius 2 is 1.88 bits per heavy atom. The van der Waals surface area contributed by atoms with Crippen LogP contribution in [0.25, 0.3) is 22.2 Å². The van der Waals surface area contributed by atoms with E-state index in [1.807, 2.05) is 12.1 Å². The van der Waals surface area contributed by atoms with Crippen molar-refractivity contribution in [3.8, 4) is 11.3 Å². The van der Waals surface area contributed by atoms with Gasteiger partial charge in [-0.05, 0) is 41.9 Å². The molecule has 1 aromatic carbocycles. The van der Waals surface area contributed by atoms with Crippen LogP contribution < -0.4 is 0 Å². The Morgan fingerprint density at radius 3 is 2.58 bits per heavy atom. The summed E-state index contributed by atoms with van der Waals surface area (Å²) in [7, 11) is -1.74. The van der Waals surface area contributed by atoms with Crippen LogP contribution in [0.4, 0.5) is 0 Å². The third-order valence-electron chi connectivity index (χ3n) is 5.29. The first kappa shape index (κ1) is 19.1. The van der Waals surface area contributed by atoms with Gasteiger partial charge in [-0.3, -0.25) is 0 Å². The fraction of sp³-hybridized carbons (Fsp3) is 0.400. The molecule has 0 aliphatic rings. The van der Waals surface area contributed by atoms with E-state index in [1.165, 1.54) is 5.52 Å². The van der Waals surface area contributed by atoms with Gasteiger partial charge in [0.2, 0.25) is 5.28 Å². The SMILES string of the molecule is CC(C)(C)[Si](C)(C)OCCn1cc(-c2ccnc(Cl)n2)c2ccccc21. The van der Waals surface area contributed by atoms with Crippen molar-refractivity contribution in [1.82, 2.24) is 14.5 Å². The molecule has 0 unspecified atom stereocenters. The summed E-state index contributed by atoms with van der Waals surface area (Å²) in [6.07, 6.45) is 3.83. The maximum Gasteiger partial charge on any atom is 0.222 e. The van der Waals surface area contributed by atoms with Gasteiger partial charge in [0.15, 0.2) is 8.32 Å². The van der Waals surface area contributed by atoms with E-state index in [-0.39, 0.29) is 10.3 Å². The molecule has 138 valence electrons. The van der Waals surface area contributed by atoms with E-state index < -0.39 is 8.32 Å². The maximum atomic E-state index is 6.35. The summed E-state index contributed by atoms with van der Waals surface area (Å²) in [6, 6.07) is 10.2. The van der Waals surface area contributed by atoms with E-state index in [2.05, 4.69) is 72.8 Å². The van der Waals surface area contributed by atoms with Gasteiger partial charge in [0.25, 0.3) is 0 Å². The molecule has 4 nitrogen and oxygen atoms in total. The normalized spacial score (nSPS) is 12.7. The average Bonchev–Trinajstić information content (AvgIpc) is 2.93. The second-order valence-corrected chi connectivity index (χ2v) is 13.2. The summed E-state index contributed by atoms with van der Waals surface area (Å²) in [5.41, 5.74) is 3.08. The first-order chi connectivity index (χ1) is 12.2. The lowest BCUT2D eigenvalue weighted by molar-refractivity contribution is 0.273. The van der Waals surface area contributed by atoms with Gasteiger partial charge in [-0.15, -0.1) is 0 Å². The minimum absolute atomic E-state index is 0.217. The summed E-state index contributed by atoms with van der Waals surface area (Å²) < 4.78 is 8.60. The highest BCUT2D eigenvalue weighted by atomic mass is 35.5. The lowest BCUT2D eigenvalue weighted by Gasteiger charge is -2.36. The number of aromatic nitrogens is 3. The highest BCUT2D eigenvalue weighted by molar-refractivity contribution is 6.74. The maximum absolute atomic E-state index is 6.35. The van der Waals surface area contributed by atoms with Gasteiger partial charge in [-0.2, -0.15) is 0 Å². The van der Waals surface area contributed by atoms with Gasteiger partial charge >= 0.3 is 0 Å². The van der Waals surface area contributed by atoms with Crippen LogP contribution in [0.1, 0.15) is 20.8 Å². The third-order valence-corrected chi connectivity index (χ3v) is 10.0. The molecule has 0 N–H and O–H groups in total. The van der Waals surface area contributed by atoms with Gasteiger partial charge in [-0.25, -0.2) is 9.97 Å². The number of nitrogens with zero attached hydrogens (tertiary/aromatic N) is 3. The zero-order valence-corrected chi connectivity index (χ0v) is 17.8. The van der Waals surface area contributed by atoms with Gasteiger partial charge in [-0.1, -0.05) is 39.0 Å². The predicted octanol–water partition coefficient (Wildman–Crippen LogP) is 5.77. The van der Waals surface area contributed by atoms with E-state index in [0.717, 1.165) is 23.2 Å². The zero-order chi connectivity index (χ0) is 18.9. The minimum atomic E-state index is -1.74. The molecule has 2 aromatic heterocycles. The summed E-state index contributed by atoms with van der Waals surface area (Å²) in [4.78, 5) is 8.36. The summed E-state index contributed by atoms with van der Waals surface area (Å²) in [6.45, 7) is 12.9. The molecule has 0 saturated heterocycles. The lowest BCUT2D eigenvalue weighted by atomic mass is 10.1. The molecule has 0 aliphatic carbocycles. The fourth-order valence-electron chi connectivity index (χ4n) is 2.74. The minimum Gasteiger partial charge on any atom is -0.415 e. The first-order valence-corrected chi connectivity index (χ1v) is 12.2. The number of hydrogen-bond donors (Lipinski definition) is 0. The Labute approximate surface area is 161 Å². The Hall–Kier alpha value is -1.69. The number of fused-ring (bicyclic) bond motifs is 1. The molecule has 0 atom stereocenters. The van der Waals surface area contributed by atoms with Crippen LogP contribution >= 0.6 is 11.6 Å². The highest BCUT2D eigenvalue weighted by Gasteiger charge is 2.36. The number of para-hydroxylation sites is 1. The van der Waals surface area contributed by atoms with Crippen molar-refractivity contribution in [3.05, 3.63) is 48.0 Å². The molecule has 0 radical (unpaired) electrons. The van der Waals surface area contributed by atoms with Crippen LogP contribution in [0.2, 0.25) is 23.4 Å². The molecule has 0 bridgehead atoms. The first-order valence-electron chi connectivity index (χ1n) is 8.90. The van der Waals surface area contributed by atoms with Crippen molar-refractivity contribution < 1.29 is 4.43 Å². The van der Waals surface area contributed by atoms with Crippen LogP contribution in [-0.2, 0) is 11.0 Å². The lowest BCUT2D eigenvalue weighted by Crippen LogP contribution is -2.41. The van der Waals surface area contributed by atoms with Gasteiger partial charge in [0.1, 0.15) is 0 Å². The topological polar surface area (TPSA) is 39.9 Å². The smallest absolute Gasteiger partial charge is 0.222 e. The van der Waals surface area contributed by atoms with Crippen molar-refractivity contribution in [1.29, 1.82) is 0 Å². The summed E-state index contributed by atoms with van der Waals surface area (Å²) in [5.74, 6) is 0. The molecule has 0 aliphatic heterocycles. The van der Waals surface area contributed by atoms with Gasteiger partial charge < -0.3 is 8.99 Å². The quantitative estimate of drug-likeness (QED) is 0.412. The Morgan fingerprint density at radius 1 is 1.15 bits per heavy atom. The molecule has 0 saturated carbocycles. The van der Waals surface area contributed by atoms with Crippen molar-refractivity contribution in [2.24, 2.45) is 0 Å². The van der Waals surface area contributed by atoms with E-state index in [0.29, 0.717) is 6.61 Å². The Bertz CT molecular complexity index is 915. The Kier molecular flexibility index (Phi) is 5.24. The fourth-order valence-corrected chi connectivity index (χ4v) is 3.92. The van der Waals surface area contributed by atoms with Crippen molar-refractivity contribution in [3.63, 3.8) is 0 Å². The number of hydrogen-bond acceptors (Lipinski definition) is 3. The van der Waals surface area contributed by atoms with E-state index in [9.17, 15) is 0 Å². The summed E-state index contributed by atoms with van der Waals surface area (Å²) in [5, 5.41) is 1.64. The van der Waals surface area contributed by atoms with Gasteiger partial charge in [0.05, 0.1) is 12.3 Å². The number of benzene rings is 1. The third kappa shape index (κ3) is 3.85. The van der Waals surface area contributed by atoms with Crippen LogP contribution in [0, 0.1) is 0 Å². The number of rotatable bonds is 5. The van der Waals surface area contributed by atoms with Crippen molar-refractivity contribution in [2.75, 3.05) is 6.61 Å². The van der Waals surface area contributed by atoms with Crippen LogP contribution in [0.15, 0.2) is 42.7 Å². The zero-order valence-electron chi connectivity index (χ0n) is 16.1. The highest BCUT2D eigenvalue weighted by Crippen LogP contribution is 2.36. The Balaban J connectivity index is 1.88. The van der Waals surface area contributed by atoms with Crippen LogP contribution in [0.5, 0.6) is 0 Å². The average molecular weight is 388 g/mol. The largest absolute Gasteiger partial charge is 0.415 e. The molecule has 3 aromatic rings. The summed E-state index contributed by atoms with van der Waals surface area (Å²) >= 11 is 5.98. The van der Waals surface area contributed by atoms with E-state index in [1.54, 1.807) is 6.20 Å². The molecule has 0 fully saturated rings. The molecule has 3 rings (SSSR count).